The number of benzene rings is 1. The number of ether oxygens (including phenoxy) is 1. The number of aliphatic hydroxyl groups excluding tert-OH is 1. The van der Waals surface area contributed by atoms with Crippen molar-refractivity contribution in [2.75, 3.05) is 7.11 Å². The summed E-state index contributed by atoms with van der Waals surface area (Å²) in [5.74, 6) is -0.553. The Labute approximate surface area is 127 Å². The number of esters is 1. The molecule has 2 rings (SSSR count). The molecule has 112 valence electrons. The number of carbonyl (C=O) groups excluding carboxylic acids is 1. The van der Waals surface area contributed by atoms with Crippen molar-refractivity contribution < 1.29 is 14.6 Å². The summed E-state index contributed by atoms with van der Waals surface area (Å²) in [6, 6.07) is 7.02. The smallest absolute Gasteiger partial charge is 0.360 e. The number of aromatic nitrogens is 3. The SMILES string of the molecule is COC(=O)c1nnn(CCC(C)O)c1-c1ccc(Cl)cc1. The minimum atomic E-state index is -0.553. The Morgan fingerprint density at radius 3 is 2.67 bits per heavy atom. The lowest BCUT2D eigenvalue weighted by atomic mass is 10.1. The topological polar surface area (TPSA) is 77.2 Å². The summed E-state index contributed by atoms with van der Waals surface area (Å²) in [6.07, 6.45) is 0.0405. The maximum atomic E-state index is 11.8. The summed E-state index contributed by atoms with van der Waals surface area (Å²) >= 11 is 5.88. The number of rotatable bonds is 5. The van der Waals surface area contributed by atoms with E-state index in [0.717, 1.165) is 5.56 Å². The van der Waals surface area contributed by atoms with Crippen LogP contribution in [0.2, 0.25) is 5.02 Å². The zero-order valence-corrected chi connectivity index (χ0v) is 12.5. The van der Waals surface area contributed by atoms with E-state index in [1.807, 2.05) is 0 Å². The normalized spacial score (nSPS) is 12.2. The van der Waals surface area contributed by atoms with Gasteiger partial charge in [-0.3, -0.25) is 0 Å². The molecule has 1 aromatic carbocycles. The fourth-order valence-electron chi connectivity index (χ4n) is 1.91. The molecule has 0 radical (unpaired) electrons. The van der Waals surface area contributed by atoms with Crippen molar-refractivity contribution in [1.82, 2.24) is 15.0 Å². The molecule has 0 aliphatic heterocycles. The Balaban J connectivity index is 2.45. The van der Waals surface area contributed by atoms with Crippen molar-refractivity contribution in [3.05, 3.63) is 35.0 Å². The van der Waals surface area contributed by atoms with Gasteiger partial charge in [-0.1, -0.05) is 28.9 Å². The Morgan fingerprint density at radius 1 is 1.43 bits per heavy atom. The summed E-state index contributed by atoms with van der Waals surface area (Å²) < 4.78 is 6.32. The molecule has 0 aliphatic carbocycles. The first-order valence-corrected chi connectivity index (χ1v) is 6.86. The van der Waals surface area contributed by atoms with Crippen LogP contribution in [0.25, 0.3) is 11.3 Å². The van der Waals surface area contributed by atoms with Crippen molar-refractivity contribution >= 4 is 17.6 Å². The van der Waals surface area contributed by atoms with Gasteiger partial charge in [-0.25, -0.2) is 9.48 Å². The summed E-state index contributed by atoms with van der Waals surface area (Å²) in [5.41, 5.74) is 1.46. The second kappa shape index (κ2) is 6.69. The van der Waals surface area contributed by atoms with Crippen LogP contribution in [-0.4, -0.2) is 39.3 Å². The fraction of sp³-hybridized carbons (Fsp3) is 0.357. The first-order valence-electron chi connectivity index (χ1n) is 6.48. The van der Waals surface area contributed by atoms with Crippen LogP contribution in [0.15, 0.2) is 24.3 Å². The van der Waals surface area contributed by atoms with Crippen LogP contribution >= 0.6 is 11.6 Å². The number of methoxy groups -OCH3 is 1. The number of aryl methyl sites for hydroxylation is 1. The average Bonchev–Trinajstić information content (AvgIpc) is 2.89. The highest BCUT2D eigenvalue weighted by atomic mass is 35.5. The molecular formula is C14H16ClN3O3. The van der Waals surface area contributed by atoms with Crippen LogP contribution < -0.4 is 0 Å². The molecule has 0 saturated carbocycles. The van der Waals surface area contributed by atoms with Gasteiger partial charge in [0.2, 0.25) is 0 Å². The van der Waals surface area contributed by atoms with Crippen LogP contribution in [0, 0.1) is 0 Å². The summed E-state index contributed by atoms with van der Waals surface area (Å²) in [5, 5.41) is 17.9. The Hall–Kier alpha value is -1.92. The predicted octanol–water partition coefficient (Wildman–Crippen LogP) is 2.16. The largest absolute Gasteiger partial charge is 0.464 e. The third-order valence-corrected chi connectivity index (χ3v) is 3.24. The monoisotopic (exact) mass is 309 g/mol. The van der Waals surface area contributed by atoms with Gasteiger partial charge >= 0.3 is 5.97 Å². The minimum Gasteiger partial charge on any atom is -0.464 e. The maximum Gasteiger partial charge on any atom is 0.360 e. The van der Waals surface area contributed by atoms with Gasteiger partial charge < -0.3 is 9.84 Å². The van der Waals surface area contributed by atoms with Crippen LogP contribution in [0.5, 0.6) is 0 Å². The van der Waals surface area contributed by atoms with Gasteiger partial charge in [0.05, 0.1) is 13.2 Å². The molecule has 1 aromatic heterocycles. The van der Waals surface area contributed by atoms with E-state index in [4.69, 9.17) is 16.3 Å². The van der Waals surface area contributed by atoms with Crippen molar-refractivity contribution in [2.45, 2.75) is 26.0 Å². The highest BCUT2D eigenvalue weighted by Gasteiger charge is 2.21. The van der Waals surface area contributed by atoms with E-state index < -0.39 is 12.1 Å². The number of carbonyl (C=O) groups is 1. The van der Waals surface area contributed by atoms with Gasteiger partial charge in [0.15, 0.2) is 5.69 Å². The molecule has 1 atom stereocenters. The van der Waals surface area contributed by atoms with Crippen LogP contribution in [-0.2, 0) is 11.3 Å². The van der Waals surface area contributed by atoms with Gasteiger partial charge in [0.1, 0.15) is 5.69 Å². The lowest BCUT2D eigenvalue weighted by Crippen LogP contribution is -2.10. The molecule has 2 aromatic rings. The molecule has 0 fully saturated rings. The molecule has 0 bridgehead atoms. The minimum absolute atomic E-state index is 0.144. The standard InChI is InChI=1S/C14H16ClN3O3/c1-9(19)7-8-18-13(10-3-5-11(15)6-4-10)12(16-17-18)14(20)21-2/h3-6,9,19H,7-8H2,1-2H3. The molecule has 1 unspecified atom stereocenters. The van der Waals surface area contributed by atoms with Crippen LogP contribution in [0.3, 0.4) is 0 Å². The molecule has 0 spiro atoms. The molecule has 0 aliphatic rings. The zero-order valence-electron chi connectivity index (χ0n) is 11.8. The molecular weight excluding hydrogens is 294 g/mol. The Kier molecular flexibility index (Phi) is 4.93. The summed E-state index contributed by atoms with van der Waals surface area (Å²) in [4.78, 5) is 11.8. The number of hydrogen-bond acceptors (Lipinski definition) is 5. The number of halogens is 1. The number of hydrogen-bond donors (Lipinski definition) is 1. The third-order valence-electron chi connectivity index (χ3n) is 2.99. The lowest BCUT2D eigenvalue weighted by Gasteiger charge is -2.09. The van der Waals surface area contributed by atoms with E-state index in [1.54, 1.807) is 35.9 Å². The summed E-state index contributed by atoms with van der Waals surface area (Å²) in [7, 11) is 1.29. The molecule has 1 N–H and O–H groups in total. The van der Waals surface area contributed by atoms with Gasteiger partial charge in [-0.2, -0.15) is 0 Å². The van der Waals surface area contributed by atoms with E-state index in [2.05, 4.69) is 10.3 Å². The number of nitrogens with zero attached hydrogens (tertiary/aromatic N) is 3. The van der Waals surface area contributed by atoms with E-state index in [1.165, 1.54) is 7.11 Å². The zero-order chi connectivity index (χ0) is 15.4. The van der Waals surface area contributed by atoms with Gasteiger partial charge in [0.25, 0.3) is 0 Å². The van der Waals surface area contributed by atoms with Crippen molar-refractivity contribution in [3.8, 4) is 11.3 Å². The fourth-order valence-corrected chi connectivity index (χ4v) is 2.03. The molecule has 0 amide bonds. The first-order chi connectivity index (χ1) is 10.0. The average molecular weight is 310 g/mol. The molecule has 6 nitrogen and oxygen atoms in total. The quantitative estimate of drug-likeness (QED) is 0.856. The highest BCUT2D eigenvalue weighted by Crippen LogP contribution is 2.25. The Morgan fingerprint density at radius 2 is 2.10 bits per heavy atom. The molecule has 21 heavy (non-hydrogen) atoms. The van der Waals surface area contributed by atoms with Crippen molar-refractivity contribution in [1.29, 1.82) is 0 Å². The maximum absolute atomic E-state index is 11.8. The predicted molar refractivity (Wildman–Crippen MR) is 78.1 cm³/mol. The lowest BCUT2D eigenvalue weighted by molar-refractivity contribution is 0.0595. The molecule has 1 heterocycles. The molecule has 0 saturated heterocycles. The second-order valence-corrected chi connectivity index (χ2v) is 5.08. The summed E-state index contributed by atoms with van der Waals surface area (Å²) in [6.45, 7) is 2.14. The van der Waals surface area contributed by atoms with E-state index >= 15 is 0 Å². The van der Waals surface area contributed by atoms with Crippen LogP contribution in [0.4, 0.5) is 0 Å². The van der Waals surface area contributed by atoms with Crippen LogP contribution in [0.1, 0.15) is 23.8 Å². The second-order valence-electron chi connectivity index (χ2n) is 4.65. The van der Waals surface area contributed by atoms with E-state index in [-0.39, 0.29) is 5.69 Å². The Bertz CT molecular complexity index is 623. The van der Waals surface area contributed by atoms with Gasteiger partial charge in [-0.05, 0) is 25.5 Å². The van der Waals surface area contributed by atoms with Crippen molar-refractivity contribution in [3.63, 3.8) is 0 Å². The van der Waals surface area contributed by atoms with E-state index in [9.17, 15) is 9.90 Å². The van der Waals surface area contributed by atoms with Crippen molar-refractivity contribution in [2.24, 2.45) is 0 Å². The third kappa shape index (κ3) is 3.59. The van der Waals surface area contributed by atoms with Gasteiger partial charge in [-0.15, -0.1) is 5.10 Å². The molecule has 7 heteroatoms. The first kappa shape index (κ1) is 15.5. The highest BCUT2D eigenvalue weighted by molar-refractivity contribution is 6.30. The van der Waals surface area contributed by atoms with Gasteiger partial charge in [0, 0.05) is 17.1 Å². The number of aliphatic hydroxyl groups is 1. The van der Waals surface area contributed by atoms with E-state index in [0.29, 0.717) is 23.7 Å².